The molecule has 1 aromatic heterocycles. The van der Waals surface area contributed by atoms with Gasteiger partial charge in [0.25, 0.3) is 0 Å². The molecule has 0 radical (unpaired) electrons. The molecule has 1 aromatic carbocycles. The number of nitrogens with zero attached hydrogens (tertiary/aromatic N) is 4. The summed E-state index contributed by atoms with van der Waals surface area (Å²) >= 11 is 0. The molecule has 0 spiro atoms. The Bertz CT molecular complexity index is 639. The summed E-state index contributed by atoms with van der Waals surface area (Å²) in [6.45, 7) is 10.7. The molecule has 0 bridgehead atoms. The number of rotatable bonds is 1. The van der Waals surface area contributed by atoms with Crippen LogP contribution in [0.4, 0.5) is 11.6 Å². The lowest BCUT2D eigenvalue weighted by Crippen LogP contribution is -2.53. The van der Waals surface area contributed by atoms with Gasteiger partial charge in [0, 0.05) is 31.7 Å². The van der Waals surface area contributed by atoms with E-state index in [4.69, 9.17) is 10.7 Å². The van der Waals surface area contributed by atoms with Gasteiger partial charge in [-0.3, -0.25) is 4.90 Å². The Morgan fingerprint density at radius 3 is 2.10 bits per heavy atom. The third-order valence-electron chi connectivity index (χ3n) is 4.11. The van der Waals surface area contributed by atoms with E-state index in [2.05, 4.69) is 35.6 Å². The van der Waals surface area contributed by atoms with Crippen LogP contribution in [0.1, 0.15) is 20.8 Å². The summed E-state index contributed by atoms with van der Waals surface area (Å²) in [6.07, 6.45) is 0. The smallest absolute Gasteiger partial charge is 0.172 e. The molecule has 0 aliphatic carbocycles. The normalized spacial score (nSPS) is 17.4. The molecule has 1 aliphatic heterocycles. The second kappa shape index (κ2) is 5.15. The van der Waals surface area contributed by atoms with Crippen molar-refractivity contribution in [1.82, 2.24) is 14.9 Å². The van der Waals surface area contributed by atoms with E-state index in [1.165, 1.54) is 0 Å². The van der Waals surface area contributed by atoms with E-state index in [1.54, 1.807) is 0 Å². The molecule has 5 nitrogen and oxygen atoms in total. The van der Waals surface area contributed by atoms with Crippen molar-refractivity contribution in [3.63, 3.8) is 0 Å². The van der Waals surface area contributed by atoms with Crippen molar-refractivity contribution in [2.24, 2.45) is 0 Å². The molecule has 5 heteroatoms. The first kappa shape index (κ1) is 14.1. The number of aromatic nitrogens is 2. The van der Waals surface area contributed by atoms with E-state index >= 15 is 0 Å². The third-order valence-corrected chi connectivity index (χ3v) is 4.11. The fourth-order valence-electron chi connectivity index (χ4n) is 2.83. The molecule has 2 aromatic rings. The summed E-state index contributed by atoms with van der Waals surface area (Å²) in [4.78, 5) is 13.9. The largest absolute Gasteiger partial charge is 0.381 e. The van der Waals surface area contributed by atoms with Crippen LogP contribution in [-0.4, -0.2) is 46.6 Å². The number of nitrogen functional groups attached to an aromatic ring is 1. The zero-order chi connectivity index (χ0) is 15.0. The standard InChI is InChI=1S/C16H23N5/c1-16(2,3)21-10-8-20(9-11-21)15-14(17)18-12-6-4-5-7-13(12)19-15/h4-7H,8-11H2,1-3H3,(H2,17,18). The van der Waals surface area contributed by atoms with Crippen LogP contribution in [0.3, 0.4) is 0 Å². The number of piperazine rings is 1. The first-order chi connectivity index (χ1) is 9.95. The van der Waals surface area contributed by atoms with Crippen LogP contribution in [0.2, 0.25) is 0 Å². The van der Waals surface area contributed by atoms with E-state index in [0.717, 1.165) is 43.0 Å². The second-order valence-electron chi connectivity index (χ2n) is 6.57. The lowest BCUT2D eigenvalue weighted by molar-refractivity contribution is 0.128. The predicted octanol–water partition coefficient (Wildman–Crippen LogP) is 2.13. The van der Waals surface area contributed by atoms with Crippen molar-refractivity contribution < 1.29 is 0 Å². The molecule has 0 saturated carbocycles. The number of fused-ring (bicyclic) bond motifs is 1. The summed E-state index contributed by atoms with van der Waals surface area (Å²) in [7, 11) is 0. The van der Waals surface area contributed by atoms with Crippen LogP contribution >= 0.6 is 0 Å². The van der Waals surface area contributed by atoms with E-state index in [-0.39, 0.29) is 5.54 Å². The molecule has 2 heterocycles. The van der Waals surface area contributed by atoms with Gasteiger partial charge in [0.15, 0.2) is 11.6 Å². The van der Waals surface area contributed by atoms with Gasteiger partial charge >= 0.3 is 0 Å². The highest BCUT2D eigenvalue weighted by molar-refractivity contribution is 5.79. The van der Waals surface area contributed by atoms with Crippen molar-refractivity contribution in [1.29, 1.82) is 0 Å². The van der Waals surface area contributed by atoms with E-state index in [0.29, 0.717) is 5.82 Å². The summed E-state index contributed by atoms with van der Waals surface area (Å²) in [5.74, 6) is 1.35. The van der Waals surface area contributed by atoms with Gasteiger partial charge in [-0.1, -0.05) is 12.1 Å². The zero-order valence-corrected chi connectivity index (χ0v) is 13.0. The number of hydrogen-bond donors (Lipinski definition) is 1. The molecule has 0 unspecified atom stereocenters. The third kappa shape index (κ3) is 2.78. The van der Waals surface area contributed by atoms with Crippen molar-refractivity contribution in [3.05, 3.63) is 24.3 Å². The van der Waals surface area contributed by atoms with Gasteiger partial charge < -0.3 is 10.6 Å². The highest BCUT2D eigenvalue weighted by atomic mass is 15.3. The van der Waals surface area contributed by atoms with Crippen molar-refractivity contribution >= 4 is 22.7 Å². The Kier molecular flexibility index (Phi) is 3.45. The van der Waals surface area contributed by atoms with E-state index < -0.39 is 0 Å². The van der Waals surface area contributed by atoms with Crippen molar-refractivity contribution in [3.8, 4) is 0 Å². The fraction of sp³-hybridized carbons (Fsp3) is 0.500. The van der Waals surface area contributed by atoms with E-state index in [9.17, 15) is 0 Å². The molecule has 21 heavy (non-hydrogen) atoms. The summed E-state index contributed by atoms with van der Waals surface area (Å²) in [5.41, 5.74) is 8.08. The van der Waals surface area contributed by atoms with Gasteiger partial charge in [-0.05, 0) is 32.9 Å². The maximum atomic E-state index is 6.11. The molecule has 3 rings (SSSR count). The molecule has 112 valence electrons. The first-order valence-electron chi connectivity index (χ1n) is 7.47. The zero-order valence-electron chi connectivity index (χ0n) is 13.0. The second-order valence-corrected chi connectivity index (χ2v) is 6.57. The predicted molar refractivity (Wildman–Crippen MR) is 87.5 cm³/mol. The lowest BCUT2D eigenvalue weighted by atomic mass is 10.1. The Morgan fingerprint density at radius 1 is 0.952 bits per heavy atom. The lowest BCUT2D eigenvalue weighted by Gasteiger charge is -2.42. The van der Waals surface area contributed by atoms with Gasteiger partial charge in [0.2, 0.25) is 0 Å². The Morgan fingerprint density at radius 2 is 1.52 bits per heavy atom. The summed E-state index contributed by atoms with van der Waals surface area (Å²) in [6, 6.07) is 7.86. The highest BCUT2D eigenvalue weighted by Crippen LogP contribution is 2.25. The van der Waals surface area contributed by atoms with Crippen LogP contribution in [0, 0.1) is 0 Å². The molecular formula is C16H23N5. The van der Waals surface area contributed by atoms with Gasteiger partial charge in [-0.25, -0.2) is 9.97 Å². The molecule has 1 saturated heterocycles. The Hall–Kier alpha value is -1.88. The molecule has 2 N–H and O–H groups in total. The van der Waals surface area contributed by atoms with Crippen LogP contribution < -0.4 is 10.6 Å². The van der Waals surface area contributed by atoms with Crippen LogP contribution in [0.5, 0.6) is 0 Å². The van der Waals surface area contributed by atoms with Crippen molar-refractivity contribution in [2.75, 3.05) is 36.8 Å². The topological polar surface area (TPSA) is 58.3 Å². The number of anilines is 2. The maximum Gasteiger partial charge on any atom is 0.172 e. The molecule has 1 aliphatic rings. The first-order valence-corrected chi connectivity index (χ1v) is 7.47. The fourth-order valence-corrected chi connectivity index (χ4v) is 2.83. The average Bonchev–Trinajstić information content (AvgIpc) is 2.46. The average molecular weight is 285 g/mol. The summed E-state index contributed by atoms with van der Waals surface area (Å²) < 4.78 is 0. The molecule has 0 amide bonds. The van der Waals surface area contributed by atoms with Crippen molar-refractivity contribution in [2.45, 2.75) is 26.3 Å². The monoisotopic (exact) mass is 285 g/mol. The number of para-hydroxylation sites is 2. The quantitative estimate of drug-likeness (QED) is 0.870. The Labute approximate surface area is 125 Å². The number of hydrogen-bond acceptors (Lipinski definition) is 5. The minimum atomic E-state index is 0.215. The van der Waals surface area contributed by atoms with Gasteiger partial charge in [-0.2, -0.15) is 0 Å². The summed E-state index contributed by atoms with van der Waals surface area (Å²) in [5, 5.41) is 0. The minimum absolute atomic E-state index is 0.215. The van der Waals surface area contributed by atoms with Gasteiger partial charge in [0.05, 0.1) is 11.0 Å². The number of benzene rings is 1. The molecule has 0 atom stereocenters. The van der Waals surface area contributed by atoms with Crippen LogP contribution in [-0.2, 0) is 0 Å². The van der Waals surface area contributed by atoms with Crippen LogP contribution in [0.25, 0.3) is 11.0 Å². The van der Waals surface area contributed by atoms with Crippen LogP contribution in [0.15, 0.2) is 24.3 Å². The maximum absolute atomic E-state index is 6.11. The highest BCUT2D eigenvalue weighted by Gasteiger charge is 2.27. The Balaban J connectivity index is 1.84. The minimum Gasteiger partial charge on any atom is -0.381 e. The van der Waals surface area contributed by atoms with Gasteiger partial charge in [0.1, 0.15) is 0 Å². The molecule has 1 fully saturated rings. The molecular weight excluding hydrogens is 262 g/mol. The SMILES string of the molecule is CC(C)(C)N1CCN(c2nc3ccccc3nc2N)CC1. The van der Waals surface area contributed by atoms with Gasteiger partial charge in [-0.15, -0.1) is 0 Å². The van der Waals surface area contributed by atoms with E-state index in [1.807, 2.05) is 24.3 Å². The number of nitrogens with two attached hydrogens (primary N) is 1.